The van der Waals surface area contributed by atoms with Gasteiger partial charge < -0.3 is 4.74 Å². The molecule has 1 heterocycles. The number of rotatable bonds is 2. The van der Waals surface area contributed by atoms with Crippen LogP contribution >= 0.6 is 0 Å². The van der Waals surface area contributed by atoms with Gasteiger partial charge in [-0.15, -0.1) is 0 Å². The van der Waals surface area contributed by atoms with Crippen molar-refractivity contribution in [2.75, 3.05) is 6.61 Å². The van der Waals surface area contributed by atoms with Gasteiger partial charge in [0, 0.05) is 18.4 Å². The van der Waals surface area contributed by atoms with Gasteiger partial charge in [-0.25, -0.2) is 0 Å². The largest absolute Gasteiger partial charge is 0.493 e. The van der Waals surface area contributed by atoms with E-state index in [2.05, 4.69) is 0 Å². The number of para-hydroxylation sites is 1. The molecule has 0 atom stereocenters. The summed E-state index contributed by atoms with van der Waals surface area (Å²) in [5.74, 6) is 1.07. The van der Waals surface area contributed by atoms with Crippen LogP contribution in [-0.2, 0) is 4.79 Å². The molecule has 0 amide bonds. The van der Waals surface area contributed by atoms with Crippen molar-refractivity contribution in [3.63, 3.8) is 0 Å². The standard InChI is InChI=1S/C13H14O2.2C2H6.CH4/c1-2-11(14)9-10-7-8-15-13-6-4-3-5-12(10)13;2*1-2;/h3-6,9H,2,7-8H2,1H3;2*1-2H3;1H4. The van der Waals surface area contributed by atoms with Crippen LogP contribution in [-0.4, -0.2) is 12.4 Å². The number of hydrogen-bond acceptors (Lipinski definition) is 2. The second-order valence-corrected chi connectivity index (χ2v) is 3.58. The first-order valence-electron chi connectivity index (χ1n) is 7.27. The Morgan fingerprint density at radius 2 is 1.80 bits per heavy atom. The summed E-state index contributed by atoms with van der Waals surface area (Å²) in [4.78, 5) is 11.4. The molecule has 1 aromatic rings. The average Bonchev–Trinajstić information content (AvgIpc) is 2.51. The fourth-order valence-electron chi connectivity index (χ4n) is 1.71. The molecule has 1 aliphatic heterocycles. The molecule has 0 spiro atoms. The third-order valence-electron chi connectivity index (χ3n) is 2.55. The molecule has 0 N–H and O–H groups in total. The fraction of sp³-hybridized carbons (Fsp3) is 0.500. The summed E-state index contributed by atoms with van der Waals surface area (Å²) in [5.41, 5.74) is 2.16. The summed E-state index contributed by atoms with van der Waals surface area (Å²) < 4.78 is 5.52. The van der Waals surface area contributed by atoms with Crippen molar-refractivity contribution in [1.82, 2.24) is 0 Å². The van der Waals surface area contributed by atoms with E-state index in [-0.39, 0.29) is 13.2 Å². The molecule has 0 aliphatic carbocycles. The summed E-state index contributed by atoms with van der Waals surface area (Å²) >= 11 is 0. The van der Waals surface area contributed by atoms with E-state index in [4.69, 9.17) is 4.74 Å². The quantitative estimate of drug-likeness (QED) is 0.666. The number of hydrogen-bond donors (Lipinski definition) is 0. The maximum atomic E-state index is 11.4. The second kappa shape index (κ2) is 12.5. The highest BCUT2D eigenvalue weighted by Gasteiger charge is 2.14. The molecular weight excluding hydrogens is 248 g/mol. The van der Waals surface area contributed by atoms with Crippen LogP contribution in [0.1, 0.15) is 60.5 Å². The monoisotopic (exact) mass is 278 g/mol. The van der Waals surface area contributed by atoms with Crippen molar-refractivity contribution in [3.8, 4) is 5.75 Å². The minimum atomic E-state index is 0. The van der Waals surface area contributed by atoms with E-state index in [1.165, 1.54) is 0 Å². The second-order valence-electron chi connectivity index (χ2n) is 3.58. The molecule has 0 aromatic heterocycles. The highest BCUT2D eigenvalue weighted by molar-refractivity contribution is 5.97. The van der Waals surface area contributed by atoms with Crippen LogP contribution in [0.25, 0.3) is 5.57 Å². The molecule has 2 rings (SSSR count). The predicted molar refractivity (Wildman–Crippen MR) is 89.3 cm³/mol. The first kappa shape index (κ1) is 20.7. The molecule has 2 heteroatoms. The van der Waals surface area contributed by atoms with Crippen LogP contribution in [0.3, 0.4) is 0 Å². The first-order valence-corrected chi connectivity index (χ1v) is 7.27. The average molecular weight is 278 g/mol. The summed E-state index contributed by atoms with van der Waals surface area (Å²) in [6.45, 7) is 10.5. The summed E-state index contributed by atoms with van der Waals surface area (Å²) in [7, 11) is 0. The Hall–Kier alpha value is -1.57. The zero-order chi connectivity index (χ0) is 14.7. The van der Waals surface area contributed by atoms with Crippen molar-refractivity contribution in [2.45, 2.75) is 54.9 Å². The third kappa shape index (κ3) is 6.05. The van der Waals surface area contributed by atoms with E-state index in [9.17, 15) is 4.79 Å². The lowest BCUT2D eigenvalue weighted by Crippen LogP contribution is -2.08. The molecule has 0 fully saturated rings. The molecule has 20 heavy (non-hydrogen) atoms. The smallest absolute Gasteiger partial charge is 0.155 e. The topological polar surface area (TPSA) is 26.3 Å². The van der Waals surface area contributed by atoms with Crippen molar-refractivity contribution in [2.24, 2.45) is 0 Å². The molecule has 0 saturated heterocycles. The maximum Gasteiger partial charge on any atom is 0.155 e. The number of fused-ring (bicyclic) bond motifs is 1. The van der Waals surface area contributed by atoms with Crippen LogP contribution in [0.5, 0.6) is 5.75 Å². The lowest BCUT2D eigenvalue weighted by atomic mass is 9.98. The third-order valence-corrected chi connectivity index (χ3v) is 2.55. The Balaban J connectivity index is 0. The fourth-order valence-corrected chi connectivity index (χ4v) is 1.71. The lowest BCUT2D eigenvalue weighted by molar-refractivity contribution is -0.114. The van der Waals surface area contributed by atoms with E-state index in [1.807, 2.05) is 58.9 Å². The van der Waals surface area contributed by atoms with Gasteiger partial charge in [-0.2, -0.15) is 0 Å². The lowest BCUT2D eigenvalue weighted by Gasteiger charge is -2.19. The molecule has 114 valence electrons. The number of allylic oxidation sites excluding steroid dienone is 1. The number of carbonyl (C=O) groups is 1. The van der Waals surface area contributed by atoms with Gasteiger partial charge in [0.25, 0.3) is 0 Å². The Bertz CT molecular complexity index is 406. The molecule has 0 unspecified atom stereocenters. The minimum Gasteiger partial charge on any atom is -0.493 e. The van der Waals surface area contributed by atoms with Gasteiger partial charge in [-0.05, 0) is 17.7 Å². The van der Waals surface area contributed by atoms with Crippen molar-refractivity contribution in [1.29, 1.82) is 0 Å². The highest BCUT2D eigenvalue weighted by Crippen LogP contribution is 2.32. The van der Waals surface area contributed by atoms with Crippen LogP contribution in [0.2, 0.25) is 0 Å². The Labute approximate surface area is 124 Å². The number of carbonyl (C=O) groups excluding carboxylic acids is 1. The van der Waals surface area contributed by atoms with Gasteiger partial charge >= 0.3 is 0 Å². The Kier molecular flexibility index (Phi) is 12.9. The number of ketones is 1. The SMILES string of the molecule is C.CC.CC.CCC(=O)C=C1CCOc2ccccc21. The maximum absolute atomic E-state index is 11.4. The molecule has 1 aliphatic rings. The van der Waals surface area contributed by atoms with Gasteiger partial charge in [-0.3, -0.25) is 4.79 Å². The van der Waals surface area contributed by atoms with Gasteiger partial charge in [-0.1, -0.05) is 60.2 Å². The van der Waals surface area contributed by atoms with E-state index in [1.54, 1.807) is 6.08 Å². The predicted octanol–water partition coefficient (Wildman–Crippen LogP) is 5.52. The molecule has 0 bridgehead atoms. The molecular formula is C18H30O2. The van der Waals surface area contributed by atoms with Gasteiger partial charge in [0.2, 0.25) is 0 Å². The zero-order valence-electron chi connectivity index (χ0n) is 12.8. The highest BCUT2D eigenvalue weighted by atomic mass is 16.5. The number of benzene rings is 1. The van der Waals surface area contributed by atoms with Gasteiger partial charge in [0.05, 0.1) is 6.61 Å². The molecule has 0 saturated carbocycles. The Morgan fingerprint density at radius 1 is 1.20 bits per heavy atom. The van der Waals surface area contributed by atoms with Crippen LogP contribution in [0, 0.1) is 0 Å². The van der Waals surface area contributed by atoms with Crippen molar-refractivity contribution >= 4 is 11.4 Å². The van der Waals surface area contributed by atoms with Crippen LogP contribution in [0.4, 0.5) is 0 Å². The van der Waals surface area contributed by atoms with Crippen molar-refractivity contribution in [3.05, 3.63) is 35.9 Å². The van der Waals surface area contributed by atoms with Crippen molar-refractivity contribution < 1.29 is 9.53 Å². The molecule has 1 aromatic carbocycles. The van der Waals surface area contributed by atoms with E-state index >= 15 is 0 Å². The first-order chi connectivity index (χ1) is 9.31. The van der Waals surface area contributed by atoms with Crippen LogP contribution in [0.15, 0.2) is 30.3 Å². The van der Waals surface area contributed by atoms with Crippen LogP contribution < -0.4 is 4.74 Å². The molecule has 2 nitrogen and oxygen atoms in total. The summed E-state index contributed by atoms with van der Waals surface area (Å²) in [6, 6.07) is 7.86. The summed E-state index contributed by atoms with van der Waals surface area (Å²) in [5, 5.41) is 0. The molecule has 0 radical (unpaired) electrons. The van der Waals surface area contributed by atoms with Gasteiger partial charge in [0.15, 0.2) is 5.78 Å². The van der Waals surface area contributed by atoms with Gasteiger partial charge in [0.1, 0.15) is 5.75 Å². The minimum absolute atomic E-state index is 0. The van der Waals surface area contributed by atoms with E-state index in [0.29, 0.717) is 13.0 Å². The normalized spacial score (nSPS) is 13.3. The summed E-state index contributed by atoms with van der Waals surface area (Å²) in [6.07, 6.45) is 3.14. The Morgan fingerprint density at radius 3 is 2.40 bits per heavy atom. The van der Waals surface area contributed by atoms with E-state index in [0.717, 1.165) is 23.3 Å². The zero-order valence-corrected chi connectivity index (χ0v) is 12.8. The number of ether oxygens (including phenoxy) is 1. The van der Waals surface area contributed by atoms with E-state index < -0.39 is 0 Å².